The number of benzene rings is 1. The van der Waals surface area contributed by atoms with E-state index in [2.05, 4.69) is 103 Å². The largest absolute Gasteiger partial charge is 0.489 e. The molecule has 0 atom stereocenters. The Morgan fingerprint density at radius 3 is 1.59 bits per heavy atom. The van der Waals surface area contributed by atoms with Gasteiger partial charge in [0.1, 0.15) is 0 Å². The van der Waals surface area contributed by atoms with E-state index in [0.29, 0.717) is 11.1 Å². The molecule has 0 bridgehead atoms. The molecule has 1 rings (SSSR count). The van der Waals surface area contributed by atoms with E-state index in [0.717, 1.165) is 5.19 Å². The van der Waals surface area contributed by atoms with Gasteiger partial charge < -0.3 is 10.0 Å². The Kier molecular flexibility index (Phi) is 9.16. The SMILES string of the molecule is C#CC#CC#CC#Cc1cc([Si](C)(C)C)c(C#CC#CC#CC#C)cc1B(O)O. The lowest BCUT2D eigenvalue weighted by Gasteiger charge is -2.20. The Labute approximate surface area is 174 Å². The van der Waals surface area contributed by atoms with Crippen molar-refractivity contribution in [3.63, 3.8) is 0 Å². The molecule has 0 aliphatic rings. The second kappa shape index (κ2) is 11.6. The molecule has 0 aliphatic heterocycles. The summed E-state index contributed by atoms with van der Waals surface area (Å²) in [6, 6.07) is 3.45. The van der Waals surface area contributed by atoms with Crippen LogP contribution in [0.15, 0.2) is 12.1 Å². The van der Waals surface area contributed by atoms with Crippen molar-refractivity contribution in [2.24, 2.45) is 0 Å². The van der Waals surface area contributed by atoms with Gasteiger partial charge >= 0.3 is 7.12 Å². The maximum atomic E-state index is 9.77. The first-order valence-corrected chi connectivity index (χ1v) is 11.8. The summed E-state index contributed by atoms with van der Waals surface area (Å²) >= 11 is 0. The summed E-state index contributed by atoms with van der Waals surface area (Å²) in [6.45, 7) is 6.46. The van der Waals surface area contributed by atoms with Gasteiger partial charge in [-0.1, -0.05) is 31.5 Å². The van der Waals surface area contributed by atoms with E-state index >= 15 is 0 Å². The highest BCUT2D eigenvalue weighted by Crippen LogP contribution is 2.08. The minimum atomic E-state index is -1.83. The topological polar surface area (TPSA) is 40.5 Å². The molecule has 2 N–H and O–H groups in total. The zero-order valence-electron chi connectivity index (χ0n) is 16.3. The van der Waals surface area contributed by atoms with Crippen molar-refractivity contribution in [1.82, 2.24) is 0 Å². The summed E-state index contributed by atoms with van der Waals surface area (Å²) in [5.74, 6) is 35.4. The van der Waals surface area contributed by atoms with Crippen LogP contribution in [0.3, 0.4) is 0 Å². The highest BCUT2D eigenvalue weighted by Gasteiger charge is 2.24. The molecule has 0 aromatic heterocycles. The molecule has 0 amide bonds. The quantitative estimate of drug-likeness (QED) is 0.551. The van der Waals surface area contributed by atoms with Crippen molar-refractivity contribution in [3.05, 3.63) is 23.3 Å². The molecular formula is C25H15BO2Si. The summed E-state index contributed by atoms with van der Waals surface area (Å²) in [4.78, 5) is 0. The maximum Gasteiger partial charge on any atom is 0.489 e. The van der Waals surface area contributed by atoms with Gasteiger partial charge in [0.05, 0.1) is 8.07 Å². The molecule has 0 aliphatic carbocycles. The summed E-state index contributed by atoms with van der Waals surface area (Å²) in [5, 5.41) is 20.5. The van der Waals surface area contributed by atoms with Gasteiger partial charge in [-0.3, -0.25) is 0 Å². The number of hydrogen-bond donors (Lipinski definition) is 2. The van der Waals surface area contributed by atoms with Gasteiger partial charge in [-0.05, 0) is 93.8 Å². The first-order chi connectivity index (χ1) is 13.8. The predicted octanol–water partition coefficient (Wildman–Crippen LogP) is -0.105. The van der Waals surface area contributed by atoms with Crippen LogP contribution in [-0.4, -0.2) is 25.2 Å². The smallest absolute Gasteiger partial charge is 0.423 e. The Morgan fingerprint density at radius 1 is 0.690 bits per heavy atom. The van der Waals surface area contributed by atoms with Crippen molar-refractivity contribution in [2.45, 2.75) is 19.6 Å². The molecule has 0 saturated carbocycles. The van der Waals surface area contributed by atoms with Crippen LogP contribution in [0.1, 0.15) is 11.1 Å². The fourth-order valence-corrected chi connectivity index (χ4v) is 3.64. The first-order valence-electron chi connectivity index (χ1n) is 8.29. The summed E-state index contributed by atoms with van der Waals surface area (Å²) in [6.07, 6.45) is 10.0. The normalized spacial score (nSPS) is 7.83. The van der Waals surface area contributed by atoms with E-state index in [-0.39, 0.29) is 5.46 Å². The van der Waals surface area contributed by atoms with Crippen molar-refractivity contribution in [3.8, 4) is 95.7 Å². The average molecular weight is 386 g/mol. The minimum absolute atomic E-state index is 0.236. The average Bonchev–Trinajstić information content (AvgIpc) is 2.66. The zero-order chi connectivity index (χ0) is 21.7. The number of rotatable bonds is 2. The first kappa shape index (κ1) is 22.9. The van der Waals surface area contributed by atoms with Crippen molar-refractivity contribution in [1.29, 1.82) is 0 Å². The third-order valence-electron chi connectivity index (χ3n) is 3.31. The molecule has 2 nitrogen and oxygen atoms in total. The molecule has 0 unspecified atom stereocenters. The van der Waals surface area contributed by atoms with Crippen LogP contribution in [-0.2, 0) is 0 Å². The Bertz CT molecular complexity index is 1260. The van der Waals surface area contributed by atoms with Crippen LogP contribution in [0.5, 0.6) is 0 Å². The monoisotopic (exact) mass is 386 g/mol. The lowest BCUT2D eigenvalue weighted by molar-refractivity contribution is 0.425. The second-order valence-electron chi connectivity index (χ2n) is 6.40. The van der Waals surface area contributed by atoms with E-state index in [1.807, 2.05) is 6.07 Å². The van der Waals surface area contributed by atoms with Crippen LogP contribution in [0, 0.1) is 95.7 Å². The molecule has 29 heavy (non-hydrogen) atoms. The lowest BCUT2D eigenvalue weighted by atomic mass is 9.76. The molecule has 0 fully saturated rings. The maximum absolute atomic E-state index is 9.77. The fourth-order valence-electron chi connectivity index (χ4n) is 2.12. The van der Waals surface area contributed by atoms with Crippen LogP contribution in [0.4, 0.5) is 0 Å². The van der Waals surface area contributed by atoms with E-state index in [4.69, 9.17) is 12.8 Å². The predicted molar refractivity (Wildman–Crippen MR) is 122 cm³/mol. The molecular weight excluding hydrogens is 371 g/mol. The highest BCUT2D eigenvalue weighted by atomic mass is 28.3. The summed E-state index contributed by atoms with van der Waals surface area (Å²) < 4.78 is 0. The van der Waals surface area contributed by atoms with E-state index < -0.39 is 15.2 Å². The van der Waals surface area contributed by atoms with Crippen LogP contribution >= 0.6 is 0 Å². The minimum Gasteiger partial charge on any atom is -0.423 e. The zero-order valence-corrected chi connectivity index (χ0v) is 17.3. The molecule has 4 heteroatoms. The van der Waals surface area contributed by atoms with Gasteiger partial charge in [0.15, 0.2) is 0 Å². The summed E-state index contributed by atoms with van der Waals surface area (Å²) in [7, 11) is -3.54. The Hall–Kier alpha value is -4.10. The molecule has 1 aromatic rings. The van der Waals surface area contributed by atoms with Gasteiger partial charge in [-0.2, -0.15) is 0 Å². The second-order valence-corrected chi connectivity index (χ2v) is 11.4. The number of terminal acetylenes is 2. The molecule has 0 heterocycles. The van der Waals surface area contributed by atoms with Crippen LogP contribution in [0.25, 0.3) is 0 Å². The van der Waals surface area contributed by atoms with Crippen molar-refractivity contribution < 1.29 is 10.0 Å². The van der Waals surface area contributed by atoms with Gasteiger partial charge in [-0.25, -0.2) is 0 Å². The van der Waals surface area contributed by atoms with Crippen LogP contribution in [0.2, 0.25) is 19.6 Å². The fraction of sp³-hybridized carbons (Fsp3) is 0.120. The van der Waals surface area contributed by atoms with Gasteiger partial charge in [0, 0.05) is 11.1 Å². The Balaban J connectivity index is 3.55. The van der Waals surface area contributed by atoms with Gasteiger partial charge in [-0.15, -0.1) is 12.8 Å². The number of hydrogen-bond acceptors (Lipinski definition) is 2. The van der Waals surface area contributed by atoms with Crippen molar-refractivity contribution >= 4 is 25.8 Å². The molecule has 0 radical (unpaired) electrons. The van der Waals surface area contributed by atoms with E-state index in [1.54, 1.807) is 6.07 Å². The van der Waals surface area contributed by atoms with E-state index in [1.165, 1.54) is 0 Å². The van der Waals surface area contributed by atoms with Gasteiger partial charge in [0.2, 0.25) is 0 Å². The standard InChI is InChI=1S/C25H15BO2Si/c1-6-8-10-12-14-16-18-22-21-25(29(3,4)5)23(20-24(22)26(27)28)19-17-15-13-11-9-7-2/h1-2,20-21,27-28H,3-5H3. The highest BCUT2D eigenvalue weighted by molar-refractivity contribution is 6.89. The van der Waals surface area contributed by atoms with Crippen LogP contribution < -0.4 is 10.6 Å². The molecule has 1 aromatic carbocycles. The molecule has 0 saturated heterocycles. The summed E-state index contributed by atoms with van der Waals surface area (Å²) in [5.41, 5.74) is 1.37. The third-order valence-corrected chi connectivity index (χ3v) is 5.34. The van der Waals surface area contributed by atoms with Crippen molar-refractivity contribution in [2.75, 3.05) is 0 Å². The third kappa shape index (κ3) is 7.98. The van der Waals surface area contributed by atoms with E-state index in [9.17, 15) is 10.0 Å². The van der Waals surface area contributed by atoms with Gasteiger partial charge in [0.25, 0.3) is 0 Å². The Morgan fingerprint density at radius 2 is 1.14 bits per heavy atom. The molecule has 134 valence electrons. The lowest BCUT2D eigenvalue weighted by Crippen LogP contribution is -2.43. The molecule has 0 spiro atoms.